The molecule has 8 nitrogen and oxygen atoms in total. The number of amides is 3. The molecule has 0 aliphatic rings. The average Bonchev–Trinajstić information content (AvgIpc) is 2.61. The summed E-state index contributed by atoms with van der Waals surface area (Å²) in [6, 6.07) is 12.4. The largest absolute Gasteiger partial charge is 0.341 e. The van der Waals surface area contributed by atoms with Crippen molar-refractivity contribution < 1.29 is 18.0 Å². The van der Waals surface area contributed by atoms with E-state index in [0.717, 1.165) is 0 Å². The first-order chi connectivity index (χ1) is 11.9. The molecular formula is C16H14N4O4S. The minimum atomic E-state index is -4.09. The average molecular weight is 358 g/mol. The predicted octanol–water partition coefficient (Wildman–Crippen LogP) is 1.43. The molecule has 2 aromatic carbocycles. The standard InChI is InChI=1S/C16H14N4O4S/c1-18-16(22)19-13-5-7-14(8-6-13)25(23,24)20-15(21)12-4-2-3-11(9-12)10-17/h2-9H,1H3,(H,20,21)(H2,18,19,22). The van der Waals surface area contributed by atoms with Gasteiger partial charge < -0.3 is 10.6 Å². The van der Waals surface area contributed by atoms with Gasteiger partial charge in [-0.05, 0) is 42.5 Å². The van der Waals surface area contributed by atoms with Gasteiger partial charge >= 0.3 is 6.03 Å². The molecular weight excluding hydrogens is 344 g/mol. The zero-order chi connectivity index (χ0) is 18.4. The van der Waals surface area contributed by atoms with Gasteiger partial charge in [0.05, 0.1) is 16.5 Å². The molecule has 0 bridgehead atoms. The number of anilines is 1. The number of hydrogen-bond donors (Lipinski definition) is 3. The summed E-state index contributed by atoms with van der Waals surface area (Å²) in [4.78, 5) is 23.1. The zero-order valence-corrected chi connectivity index (χ0v) is 13.9. The van der Waals surface area contributed by atoms with Crippen molar-refractivity contribution in [2.45, 2.75) is 4.90 Å². The van der Waals surface area contributed by atoms with Crippen LogP contribution in [0.15, 0.2) is 53.4 Å². The van der Waals surface area contributed by atoms with Gasteiger partial charge in [0.2, 0.25) is 0 Å². The molecule has 2 rings (SSSR count). The third-order valence-corrected chi connectivity index (χ3v) is 4.48. The van der Waals surface area contributed by atoms with Crippen LogP contribution in [0.5, 0.6) is 0 Å². The molecule has 0 atom stereocenters. The van der Waals surface area contributed by atoms with E-state index in [9.17, 15) is 18.0 Å². The monoisotopic (exact) mass is 358 g/mol. The van der Waals surface area contributed by atoms with E-state index < -0.39 is 22.0 Å². The van der Waals surface area contributed by atoms with E-state index in [1.165, 1.54) is 55.6 Å². The van der Waals surface area contributed by atoms with Crippen LogP contribution in [0.1, 0.15) is 15.9 Å². The highest BCUT2D eigenvalue weighted by Crippen LogP contribution is 2.14. The third kappa shape index (κ3) is 4.55. The zero-order valence-electron chi connectivity index (χ0n) is 13.1. The van der Waals surface area contributed by atoms with Crippen LogP contribution in [0.3, 0.4) is 0 Å². The Bertz CT molecular complexity index is 947. The quantitative estimate of drug-likeness (QED) is 0.761. The summed E-state index contributed by atoms with van der Waals surface area (Å²) in [5.41, 5.74) is 0.696. The summed E-state index contributed by atoms with van der Waals surface area (Å²) in [7, 11) is -2.64. The van der Waals surface area contributed by atoms with E-state index in [-0.39, 0.29) is 16.0 Å². The number of urea groups is 1. The van der Waals surface area contributed by atoms with Gasteiger partial charge in [0.15, 0.2) is 0 Å². The molecule has 3 amide bonds. The summed E-state index contributed by atoms with van der Waals surface area (Å²) in [6.07, 6.45) is 0. The summed E-state index contributed by atoms with van der Waals surface area (Å²) in [6.45, 7) is 0. The van der Waals surface area contributed by atoms with E-state index in [1.807, 2.05) is 10.8 Å². The van der Waals surface area contributed by atoms with Gasteiger partial charge in [-0.1, -0.05) is 6.07 Å². The van der Waals surface area contributed by atoms with Crippen LogP contribution in [0.4, 0.5) is 10.5 Å². The van der Waals surface area contributed by atoms with E-state index in [2.05, 4.69) is 10.6 Å². The topological polar surface area (TPSA) is 128 Å². The first-order valence-corrected chi connectivity index (χ1v) is 8.50. The Balaban J connectivity index is 2.17. The highest BCUT2D eigenvalue weighted by Gasteiger charge is 2.19. The normalized spacial score (nSPS) is 10.4. The fourth-order valence-electron chi connectivity index (χ4n) is 1.88. The molecule has 0 saturated heterocycles. The summed E-state index contributed by atoms with van der Waals surface area (Å²) >= 11 is 0. The van der Waals surface area contributed by atoms with E-state index >= 15 is 0 Å². The molecule has 0 fully saturated rings. The van der Waals surface area contributed by atoms with Crippen molar-refractivity contribution in [2.24, 2.45) is 0 Å². The van der Waals surface area contributed by atoms with Crippen molar-refractivity contribution in [1.82, 2.24) is 10.0 Å². The van der Waals surface area contributed by atoms with Crippen LogP contribution in [-0.2, 0) is 10.0 Å². The van der Waals surface area contributed by atoms with Crippen LogP contribution >= 0.6 is 0 Å². The Morgan fingerprint density at radius 3 is 2.36 bits per heavy atom. The van der Waals surface area contributed by atoms with Gasteiger partial charge in [0, 0.05) is 18.3 Å². The maximum absolute atomic E-state index is 12.3. The molecule has 0 spiro atoms. The van der Waals surface area contributed by atoms with Crippen LogP contribution in [0, 0.1) is 11.3 Å². The Kier molecular flexibility index (Phi) is 5.36. The van der Waals surface area contributed by atoms with E-state index in [4.69, 9.17) is 5.26 Å². The number of benzene rings is 2. The van der Waals surface area contributed by atoms with Crippen molar-refractivity contribution in [2.75, 3.05) is 12.4 Å². The SMILES string of the molecule is CNC(=O)Nc1ccc(S(=O)(=O)NC(=O)c2cccc(C#N)c2)cc1. The van der Waals surface area contributed by atoms with Crippen molar-refractivity contribution in [1.29, 1.82) is 5.26 Å². The number of sulfonamides is 1. The Morgan fingerprint density at radius 2 is 1.76 bits per heavy atom. The number of nitrogens with zero attached hydrogens (tertiary/aromatic N) is 1. The second kappa shape index (κ2) is 7.46. The lowest BCUT2D eigenvalue weighted by molar-refractivity contribution is 0.0981. The van der Waals surface area contributed by atoms with Gasteiger partial charge in [-0.15, -0.1) is 0 Å². The number of carbonyl (C=O) groups excluding carboxylic acids is 2. The molecule has 3 N–H and O–H groups in total. The highest BCUT2D eigenvalue weighted by atomic mass is 32.2. The first-order valence-electron chi connectivity index (χ1n) is 7.02. The molecule has 2 aromatic rings. The Morgan fingerprint density at radius 1 is 1.08 bits per heavy atom. The van der Waals surface area contributed by atoms with Crippen molar-refractivity contribution in [3.8, 4) is 6.07 Å². The lowest BCUT2D eigenvalue weighted by Crippen LogP contribution is -2.30. The number of nitriles is 1. The molecule has 0 saturated carbocycles. The molecule has 0 aliphatic carbocycles. The van der Waals surface area contributed by atoms with Crippen molar-refractivity contribution in [3.63, 3.8) is 0 Å². The van der Waals surface area contributed by atoms with Gasteiger partial charge in [-0.3, -0.25) is 4.79 Å². The predicted molar refractivity (Wildman–Crippen MR) is 90.3 cm³/mol. The van der Waals surface area contributed by atoms with E-state index in [0.29, 0.717) is 5.69 Å². The molecule has 128 valence electrons. The van der Waals surface area contributed by atoms with Gasteiger partial charge in [0.25, 0.3) is 15.9 Å². The molecule has 0 unspecified atom stereocenters. The summed E-state index contributed by atoms with van der Waals surface area (Å²) in [5.74, 6) is -0.843. The molecule has 9 heteroatoms. The second-order valence-corrected chi connectivity index (χ2v) is 6.54. The van der Waals surface area contributed by atoms with E-state index in [1.54, 1.807) is 0 Å². The summed E-state index contributed by atoms with van der Waals surface area (Å²) in [5, 5.41) is 13.7. The second-order valence-electron chi connectivity index (χ2n) is 4.86. The van der Waals surface area contributed by atoms with Crippen molar-refractivity contribution in [3.05, 3.63) is 59.7 Å². The lowest BCUT2D eigenvalue weighted by atomic mass is 10.1. The first kappa shape index (κ1) is 18.0. The Hall–Kier alpha value is -3.38. The van der Waals surface area contributed by atoms with Crippen LogP contribution in [-0.4, -0.2) is 27.4 Å². The molecule has 0 radical (unpaired) electrons. The van der Waals surface area contributed by atoms with Crippen LogP contribution in [0.25, 0.3) is 0 Å². The minimum absolute atomic E-state index is 0.0560. The lowest BCUT2D eigenvalue weighted by Gasteiger charge is -2.09. The smallest absolute Gasteiger partial charge is 0.318 e. The van der Waals surface area contributed by atoms with Crippen molar-refractivity contribution >= 4 is 27.6 Å². The summed E-state index contributed by atoms with van der Waals surface area (Å²) < 4.78 is 26.5. The van der Waals surface area contributed by atoms with Gasteiger partial charge in [0.1, 0.15) is 0 Å². The van der Waals surface area contributed by atoms with Crippen LogP contribution < -0.4 is 15.4 Å². The minimum Gasteiger partial charge on any atom is -0.341 e. The van der Waals surface area contributed by atoms with Crippen LogP contribution in [0.2, 0.25) is 0 Å². The maximum Gasteiger partial charge on any atom is 0.318 e. The highest BCUT2D eigenvalue weighted by molar-refractivity contribution is 7.90. The fourth-order valence-corrected chi connectivity index (χ4v) is 2.86. The molecule has 0 heterocycles. The number of carbonyl (C=O) groups is 2. The maximum atomic E-state index is 12.3. The number of nitrogens with one attached hydrogen (secondary N) is 3. The number of rotatable bonds is 4. The molecule has 0 aliphatic heterocycles. The third-order valence-electron chi connectivity index (χ3n) is 3.13. The molecule has 25 heavy (non-hydrogen) atoms. The van der Waals surface area contributed by atoms with Gasteiger partial charge in [-0.25, -0.2) is 17.9 Å². The Labute approximate surface area is 144 Å². The molecule has 0 aromatic heterocycles. The van der Waals surface area contributed by atoms with Gasteiger partial charge in [-0.2, -0.15) is 5.26 Å². The fraction of sp³-hybridized carbons (Fsp3) is 0.0625. The number of hydrogen-bond acceptors (Lipinski definition) is 5.